The summed E-state index contributed by atoms with van der Waals surface area (Å²) in [5, 5.41) is 11.2. The van der Waals surface area contributed by atoms with Crippen LogP contribution in [-0.4, -0.2) is 41.8 Å². The molecule has 7 heteroatoms. The average molecular weight is 325 g/mol. The number of nitrogens with zero attached hydrogens (tertiary/aromatic N) is 2. The number of benzene rings is 1. The number of carbonyl (C=O) groups is 1. The maximum atomic E-state index is 10.8. The second-order valence-electron chi connectivity index (χ2n) is 4.15. The Bertz CT molecular complexity index is 547. The van der Waals surface area contributed by atoms with Gasteiger partial charge in [-0.05, 0) is 49.5 Å². The van der Waals surface area contributed by atoms with Gasteiger partial charge in [0.1, 0.15) is 0 Å². The number of amides is 1. The fourth-order valence-electron chi connectivity index (χ4n) is 1.79. The van der Waals surface area contributed by atoms with E-state index in [-0.39, 0.29) is 0 Å². The van der Waals surface area contributed by atoms with Crippen molar-refractivity contribution in [3.8, 4) is 0 Å². The van der Waals surface area contributed by atoms with Crippen molar-refractivity contribution in [2.75, 3.05) is 24.9 Å². The van der Waals surface area contributed by atoms with Crippen molar-refractivity contribution in [2.45, 2.75) is 6.54 Å². The summed E-state index contributed by atoms with van der Waals surface area (Å²) in [5.74, 6) is 0. The Morgan fingerprint density at radius 2 is 2.24 bits per heavy atom. The third kappa shape index (κ3) is 5.45. The maximum Gasteiger partial charge on any atom is 0.409 e. The van der Waals surface area contributed by atoms with Gasteiger partial charge >= 0.3 is 6.09 Å². The molecule has 0 unspecified atom stereocenters. The highest BCUT2D eigenvalue weighted by molar-refractivity contribution is 8.07. The van der Waals surface area contributed by atoms with E-state index in [4.69, 9.17) is 5.11 Å². The van der Waals surface area contributed by atoms with Crippen molar-refractivity contribution in [1.29, 1.82) is 0 Å². The Morgan fingerprint density at radius 3 is 2.76 bits per heavy atom. The molecule has 0 aliphatic heterocycles. The fourth-order valence-corrected chi connectivity index (χ4v) is 2.65. The van der Waals surface area contributed by atoms with Crippen LogP contribution in [0.1, 0.15) is 11.1 Å². The van der Waals surface area contributed by atoms with Gasteiger partial charge in [-0.25, -0.2) is 9.10 Å². The molecule has 0 radical (unpaired) electrons. The molecular weight excluding hydrogens is 306 g/mol. The second kappa shape index (κ2) is 8.76. The van der Waals surface area contributed by atoms with Crippen LogP contribution in [0.4, 0.5) is 10.5 Å². The van der Waals surface area contributed by atoms with Gasteiger partial charge in [-0.2, -0.15) is 0 Å². The topological polar surface area (TPSA) is 64.9 Å². The number of hydrogen-bond donors (Lipinski definition) is 2. The van der Waals surface area contributed by atoms with E-state index in [1.807, 2.05) is 31.7 Å². The quantitative estimate of drug-likeness (QED) is 0.589. The van der Waals surface area contributed by atoms with E-state index in [1.54, 1.807) is 36.0 Å². The van der Waals surface area contributed by atoms with Crippen molar-refractivity contribution >= 4 is 47.1 Å². The van der Waals surface area contributed by atoms with Crippen LogP contribution in [0.2, 0.25) is 0 Å². The fraction of sp³-hybridized carbons (Fsp3) is 0.286. The van der Waals surface area contributed by atoms with Gasteiger partial charge in [0.2, 0.25) is 0 Å². The first-order valence-corrected chi connectivity index (χ1v) is 8.51. The predicted octanol–water partition coefficient (Wildman–Crippen LogP) is 3.85. The van der Waals surface area contributed by atoms with E-state index in [0.717, 1.165) is 16.0 Å². The van der Waals surface area contributed by atoms with Gasteiger partial charge in [0.15, 0.2) is 0 Å². The van der Waals surface area contributed by atoms with E-state index in [9.17, 15) is 4.79 Å². The summed E-state index contributed by atoms with van der Waals surface area (Å²) in [6.07, 6.45) is 4.62. The lowest BCUT2D eigenvalue weighted by Crippen LogP contribution is -2.11. The zero-order valence-corrected chi connectivity index (χ0v) is 13.9. The molecular formula is C14H19N3O2S2. The van der Waals surface area contributed by atoms with Crippen LogP contribution in [0.3, 0.4) is 0 Å². The number of anilines is 1. The lowest BCUT2D eigenvalue weighted by atomic mass is 10.1. The molecule has 0 saturated heterocycles. The molecule has 1 aromatic carbocycles. The number of thioether (sulfide) groups is 1. The molecule has 0 heterocycles. The molecule has 0 atom stereocenters. The van der Waals surface area contributed by atoms with Crippen LogP contribution in [0.5, 0.6) is 0 Å². The molecule has 1 amide bonds. The molecule has 0 saturated carbocycles. The SMILES string of the molecule is C=N/C=C(\SC)c1ccc(NC(=O)O)cc1CN(C)SC. The van der Waals surface area contributed by atoms with E-state index in [1.165, 1.54) is 0 Å². The minimum atomic E-state index is -1.07. The standard InChI is InChI=1S/C14H19N3O2S2/c1-15-8-13(20-3)12-6-5-11(16-14(18)19)7-10(12)9-17(2)21-4/h5-8,16H,1,9H2,2-4H3,(H,18,19)/b13-8-. The number of rotatable bonds is 7. The van der Waals surface area contributed by atoms with Gasteiger partial charge in [0, 0.05) is 23.3 Å². The van der Waals surface area contributed by atoms with Gasteiger partial charge in [-0.1, -0.05) is 18.0 Å². The zero-order chi connectivity index (χ0) is 15.8. The monoisotopic (exact) mass is 325 g/mol. The van der Waals surface area contributed by atoms with Crippen molar-refractivity contribution in [2.24, 2.45) is 4.99 Å². The first kappa shape index (κ1) is 17.6. The highest BCUT2D eigenvalue weighted by Crippen LogP contribution is 2.31. The summed E-state index contributed by atoms with van der Waals surface area (Å²) in [5.41, 5.74) is 2.62. The summed E-state index contributed by atoms with van der Waals surface area (Å²) in [6, 6.07) is 5.50. The van der Waals surface area contributed by atoms with Crippen LogP contribution >= 0.6 is 23.7 Å². The van der Waals surface area contributed by atoms with Crippen molar-refractivity contribution < 1.29 is 9.90 Å². The summed E-state index contributed by atoms with van der Waals surface area (Å²) in [6.45, 7) is 4.19. The highest BCUT2D eigenvalue weighted by atomic mass is 32.2. The molecule has 0 bridgehead atoms. The Balaban J connectivity index is 3.24. The highest BCUT2D eigenvalue weighted by Gasteiger charge is 2.11. The zero-order valence-electron chi connectivity index (χ0n) is 12.3. The summed E-state index contributed by atoms with van der Waals surface area (Å²) in [7, 11) is 1.99. The van der Waals surface area contributed by atoms with Gasteiger partial charge in [-0.3, -0.25) is 10.3 Å². The second-order valence-corrected chi connectivity index (χ2v) is 5.99. The molecule has 0 aliphatic rings. The van der Waals surface area contributed by atoms with Crippen molar-refractivity contribution in [1.82, 2.24) is 4.31 Å². The van der Waals surface area contributed by atoms with Crippen molar-refractivity contribution in [3.63, 3.8) is 0 Å². The first-order valence-electron chi connectivity index (χ1n) is 6.10. The van der Waals surface area contributed by atoms with E-state index in [0.29, 0.717) is 12.2 Å². The van der Waals surface area contributed by atoms with Crippen LogP contribution in [0.15, 0.2) is 29.4 Å². The minimum absolute atomic E-state index is 0.558. The summed E-state index contributed by atoms with van der Waals surface area (Å²) >= 11 is 3.20. The molecule has 0 aliphatic carbocycles. The molecule has 2 N–H and O–H groups in total. The van der Waals surface area contributed by atoms with Gasteiger partial charge < -0.3 is 5.11 Å². The van der Waals surface area contributed by atoms with Crippen LogP contribution in [0.25, 0.3) is 4.91 Å². The van der Waals surface area contributed by atoms with Crippen LogP contribution in [0, 0.1) is 0 Å². The van der Waals surface area contributed by atoms with Gasteiger partial charge in [0.25, 0.3) is 0 Å². The van der Waals surface area contributed by atoms with Crippen LogP contribution in [-0.2, 0) is 6.54 Å². The molecule has 0 aromatic heterocycles. The first-order chi connectivity index (χ1) is 10.0. The Morgan fingerprint density at radius 1 is 1.52 bits per heavy atom. The number of hydrogen-bond acceptors (Lipinski definition) is 5. The molecule has 5 nitrogen and oxygen atoms in total. The minimum Gasteiger partial charge on any atom is -0.465 e. The molecule has 1 aromatic rings. The Hall–Kier alpha value is -1.44. The van der Waals surface area contributed by atoms with E-state index in [2.05, 4.69) is 21.3 Å². The lowest BCUT2D eigenvalue weighted by Gasteiger charge is -2.18. The number of aliphatic imine (C=N–C) groups is 1. The smallest absolute Gasteiger partial charge is 0.409 e. The summed E-state index contributed by atoms with van der Waals surface area (Å²) in [4.78, 5) is 15.6. The van der Waals surface area contributed by atoms with E-state index < -0.39 is 6.09 Å². The lowest BCUT2D eigenvalue weighted by molar-refractivity contribution is 0.210. The third-order valence-electron chi connectivity index (χ3n) is 2.76. The Kier molecular flexibility index (Phi) is 7.35. The molecule has 0 spiro atoms. The predicted molar refractivity (Wildman–Crippen MR) is 94.1 cm³/mol. The normalized spacial score (nSPS) is 11.5. The number of carboxylic acid groups (broad SMARTS) is 1. The van der Waals surface area contributed by atoms with Crippen molar-refractivity contribution in [3.05, 3.63) is 35.5 Å². The van der Waals surface area contributed by atoms with Crippen LogP contribution < -0.4 is 5.32 Å². The summed E-state index contributed by atoms with van der Waals surface area (Å²) < 4.78 is 2.07. The van der Waals surface area contributed by atoms with E-state index >= 15 is 0 Å². The van der Waals surface area contributed by atoms with Gasteiger partial charge in [0.05, 0.1) is 0 Å². The van der Waals surface area contributed by atoms with Gasteiger partial charge in [-0.15, -0.1) is 11.8 Å². The third-order valence-corrected chi connectivity index (χ3v) is 4.27. The molecule has 0 fully saturated rings. The largest absolute Gasteiger partial charge is 0.465 e. The Labute approximate surface area is 133 Å². The number of nitrogens with one attached hydrogen (secondary N) is 1. The maximum absolute atomic E-state index is 10.8. The molecule has 114 valence electrons. The molecule has 1 rings (SSSR count). The average Bonchev–Trinajstić information content (AvgIpc) is 2.44. The molecule has 21 heavy (non-hydrogen) atoms.